The minimum absolute atomic E-state index is 0.0759. The smallest absolute Gasteiger partial charge is 0.238 e. The fourth-order valence-corrected chi connectivity index (χ4v) is 4.77. The highest BCUT2D eigenvalue weighted by molar-refractivity contribution is 7.99. The number of nitrogens with zero attached hydrogens (tertiary/aromatic N) is 2. The summed E-state index contributed by atoms with van der Waals surface area (Å²) < 4.78 is 0. The highest BCUT2D eigenvalue weighted by atomic mass is 35.5. The van der Waals surface area contributed by atoms with E-state index in [1.165, 1.54) is 0 Å². The summed E-state index contributed by atoms with van der Waals surface area (Å²) >= 11 is 8.03. The maximum absolute atomic E-state index is 12.5. The summed E-state index contributed by atoms with van der Waals surface area (Å²) in [5.41, 5.74) is 3.17. The predicted octanol–water partition coefficient (Wildman–Crippen LogP) is 4.70. The number of rotatable bonds is 8. The molecule has 1 saturated heterocycles. The Balaban J connectivity index is 1.34. The molecular weight excluding hydrogens is 402 g/mol. The van der Waals surface area contributed by atoms with Gasteiger partial charge < -0.3 is 10.2 Å². The third kappa shape index (κ3) is 6.75. The van der Waals surface area contributed by atoms with Crippen LogP contribution in [0.2, 0.25) is 5.02 Å². The summed E-state index contributed by atoms with van der Waals surface area (Å²) in [5.74, 6) is 1.15. The van der Waals surface area contributed by atoms with E-state index in [1.54, 1.807) is 0 Å². The van der Waals surface area contributed by atoms with E-state index in [0.717, 1.165) is 71.6 Å². The van der Waals surface area contributed by atoms with Crippen molar-refractivity contribution in [2.45, 2.75) is 25.2 Å². The van der Waals surface area contributed by atoms with Gasteiger partial charge in [-0.3, -0.25) is 9.69 Å². The van der Waals surface area contributed by atoms with Crippen LogP contribution in [0.1, 0.15) is 17.5 Å². The number of thioether (sulfide) groups is 1. The molecule has 29 heavy (non-hydrogen) atoms. The van der Waals surface area contributed by atoms with Crippen LogP contribution in [-0.4, -0.2) is 60.7 Å². The second-order valence-electron chi connectivity index (χ2n) is 7.57. The van der Waals surface area contributed by atoms with Crippen molar-refractivity contribution >= 4 is 35.0 Å². The molecule has 6 heteroatoms. The van der Waals surface area contributed by atoms with Crippen LogP contribution in [-0.2, 0) is 4.79 Å². The standard InChI is InChI=1S/C23H30ClN3OS/c1-18-7-5-8-19(2)23(18)25-22(28)17-27-14-12-26(13-15-27)11-6-16-29-21-10-4-3-9-20(21)24/h3-5,7-10H,6,11-17H2,1-2H3,(H,25,28). The molecule has 3 rings (SSSR count). The van der Waals surface area contributed by atoms with E-state index in [4.69, 9.17) is 11.6 Å². The highest BCUT2D eigenvalue weighted by Gasteiger charge is 2.19. The van der Waals surface area contributed by atoms with Gasteiger partial charge in [-0.25, -0.2) is 0 Å². The molecule has 0 atom stereocenters. The first-order valence-corrected chi connectivity index (χ1v) is 11.6. The Morgan fingerprint density at radius 1 is 1.00 bits per heavy atom. The molecule has 1 fully saturated rings. The average Bonchev–Trinajstić information content (AvgIpc) is 2.71. The van der Waals surface area contributed by atoms with E-state index in [9.17, 15) is 4.79 Å². The van der Waals surface area contributed by atoms with Crippen molar-refractivity contribution in [2.24, 2.45) is 0 Å². The molecule has 156 valence electrons. The van der Waals surface area contributed by atoms with Crippen LogP contribution in [0, 0.1) is 13.8 Å². The summed E-state index contributed by atoms with van der Waals surface area (Å²) in [4.78, 5) is 18.4. The van der Waals surface area contributed by atoms with Crippen LogP contribution < -0.4 is 5.32 Å². The Morgan fingerprint density at radius 3 is 2.34 bits per heavy atom. The molecule has 0 saturated carbocycles. The predicted molar refractivity (Wildman–Crippen MR) is 124 cm³/mol. The first kappa shape index (κ1) is 22.2. The van der Waals surface area contributed by atoms with Crippen LogP contribution in [0.3, 0.4) is 0 Å². The number of benzene rings is 2. The van der Waals surface area contributed by atoms with E-state index in [2.05, 4.69) is 21.2 Å². The monoisotopic (exact) mass is 431 g/mol. The van der Waals surface area contributed by atoms with Gasteiger partial charge in [0.05, 0.1) is 11.6 Å². The van der Waals surface area contributed by atoms with Crippen molar-refractivity contribution in [2.75, 3.05) is 50.3 Å². The normalized spacial score (nSPS) is 15.4. The molecule has 0 unspecified atom stereocenters. The Kier molecular flexibility index (Phi) is 8.42. The van der Waals surface area contributed by atoms with Crippen LogP contribution in [0.15, 0.2) is 47.4 Å². The van der Waals surface area contributed by atoms with Gasteiger partial charge in [0.15, 0.2) is 0 Å². The zero-order valence-corrected chi connectivity index (χ0v) is 18.9. The Morgan fingerprint density at radius 2 is 1.66 bits per heavy atom. The van der Waals surface area contributed by atoms with Gasteiger partial charge in [0, 0.05) is 36.8 Å². The van der Waals surface area contributed by atoms with E-state index in [1.807, 2.05) is 62.0 Å². The van der Waals surface area contributed by atoms with Crippen molar-refractivity contribution < 1.29 is 4.79 Å². The Hall–Kier alpha value is -1.53. The molecule has 0 radical (unpaired) electrons. The molecule has 1 heterocycles. The van der Waals surface area contributed by atoms with Crippen LogP contribution >= 0.6 is 23.4 Å². The molecule has 2 aromatic rings. The lowest BCUT2D eigenvalue weighted by Gasteiger charge is -2.34. The van der Waals surface area contributed by atoms with Crippen molar-refractivity contribution in [1.29, 1.82) is 0 Å². The SMILES string of the molecule is Cc1cccc(C)c1NC(=O)CN1CCN(CCCSc2ccccc2Cl)CC1. The number of nitrogens with one attached hydrogen (secondary N) is 1. The van der Waals surface area contributed by atoms with Crippen LogP contribution in [0.5, 0.6) is 0 Å². The number of piperazine rings is 1. The fraction of sp³-hybridized carbons (Fsp3) is 0.435. The fourth-order valence-electron chi connectivity index (χ4n) is 3.60. The molecule has 0 spiro atoms. The number of anilines is 1. The molecule has 1 amide bonds. The number of halogens is 1. The first-order valence-electron chi connectivity index (χ1n) is 10.2. The summed E-state index contributed by atoms with van der Waals surface area (Å²) in [7, 11) is 0. The first-order chi connectivity index (χ1) is 14.0. The molecule has 0 bridgehead atoms. The van der Waals surface area contributed by atoms with E-state index < -0.39 is 0 Å². The number of carbonyl (C=O) groups is 1. The van der Waals surface area contributed by atoms with Gasteiger partial charge in [-0.1, -0.05) is 41.9 Å². The van der Waals surface area contributed by atoms with E-state index in [-0.39, 0.29) is 5.91 Å². The number of hydrogen-bond acceptors (Lipinski definition) is 4. The van der Waals surface area contributed by atoms with Crippen LogP contribution in [0.25, 0.3) is 0 Å². The molecule has 1 aliphatic heterocycles. The van der Waals surface area contributed by atoms with Gasteiger partial charge in [0.25, 0.3) is 0 Å². The van der Waals surface area contributed by atoms with Gasteiger partial charge in [0.1, 0.15) is 0 Å². The lowest BCUT2D eigenvalue weighted by atomic mass is 10.1. The average molecular weight is 432 g/mol. The van der Waals surface area contributed by atoms with E-state index in [0.29, 0.717) is 6.54 Å². The number of para-hydroxylation sites is 1. The van der Waals surface area contributed by atoms with Gasteiger partial charge in [-0.15, -0.1) is 11.8 Å². The van der Waals surface area contributed by atoms with Gasteiger partial charge in [-0.2, -0.15) is 0 Å². The number of amides is 1. The second-order valence-corrected chi connectivity index (χ2v) is 9.11. The zero-order chi connectivity index (χ0) is 20.6. The highest BCUT2D eigenvalue weighted by Crippen LogP contribution is 2.27. The molecular formula is C23H30ClN3OS. The molecule has 1 aliphatic rings. The third-order valence-corrected chi connectivity index (χ3v) is 6.89. The third-order valence-electron chi connectivity index (χ3n) is 5.29. The Bertz CT molecular complexity index is 801. The number of carbonyl (C=O) groups excluding carboxylic acids is 1. The maximum Gasteiger partial charge on any atom is 0.238 e. The van der Waals surface area contributed by atoms with Crippen LogP contribution in [0.4, 0.5) is 5.69 Å². The van der Waals surface area contributed by atoms with Crippen molar-refractivity contribution in [3.05, 3.63) is 58.6 Å². The Labute approximate surface area is 183 Å². The summed E-state index contributed by atoms with van der Waals surface area (Å²) in [6.07, 6.45) is 1.14. The van der Waals surface area contributed by atoms with Gasteiger partial charge in [-0.05, 0) is 55.8 Å². The lowest BCUT2D eigenvalue weighted by molar-refractivity contribution is -0.117. The summed E-state index contributed by atoms with van der Waals surface area (Å²) in [6, 6.07) is 14.1. The van der Waals surface area contributed by atoms with Gasteiger partial charge in [0.2, 0.25) is 5.91 Å². The summed E-state index contributed by atoms with van der Waals surface area (Å²) in [6.45, 7) is 9.55. The lowest BCUT2D eigenvalue weighted by Crippen LogP contribution is -2.48. The van der Waals surface area contributed by atoms with Crippen molar-refractivity contribution in [1.82, 2.24) is 9.80 Å². The molecule has 4 nitrogen and oxygen atoms in total. The largest absolute Gasteiger partial charge is 0.324 e. The second kappa shape index (κ2) is 11.0. The van der Waals surface area contributed by atoms with Gasteiger partial charge >= 0.3 is 0 Å². The van der Waals surface area contributed by atoms with Crippen molar-refractivity contribution in [3.8, 4) is 0 Å². The van der Waals surface area contributed by atoms with Crippen molar-refractivity contribution in [3.63, 3.8) is 0 Å². The quantitative estimate of drug-likeness (QED) is 0.485. The number of hydrogen-bond donors (Lipinski definition) is 1. The molecule has 0 aliphatic carbocycles. The zero-order valence-electron chi connectivity index (χ0n) is 17.3. The summed E-state index contributed by atoms with van der Waals surface area (Å²) in [5, 5.41) is 3.93. The molecule has 0 aromatic heterocycles. The maximum atomic E-state index is 12.5. The molecule has 2 aromatic carbocycles. The molecule has 1 N–H and O–H groups in total. The topological polar surface area (TPSA) is 35.6 Å². The number of aryl methyl sites for hydroxylation is 2. The van der Waals surface area contributed by atoms with E-state index >= 15 is 0 Å². The minimum Gasteiger partial charge on any atom is -0.324 e. The minimum atomic E-state index is 0.0759.